The van der Waals surface area contributed by atoms with E-state index in [0.717, 1.165) is 40.9 Å². The second-order valence-corrected chi connectivity index (χ2v) is 10.1. The van der Waals surface area contributed by atoms with Gasteiger partial charge in [-0.2, -0.15) is 10.4 Å². The van der Waals surface area contributed by atoms with Gasteiger partial charge in [-0.1, -0.05) is 54.6 Å². The van der Waals surface area contributed by atoms with Gasteiger partial charge in [0.25, 0.3) is 0 Å². The van der Waals surface area contributed by atoms with Gasteiger partial charge in [0, 0.05) is 23.5 Å². The molecule has 0 saturated heterocycles. The maximum absolute atomic E-state index is 13.6. The van der Waals surface area contributed by atoms with Gasteiger partial charge in [-0.25, -0.2) is 9.37 Å². The van der Waals surface area contributed by atoms with Crippen LogP contribution in [0.1, 0.15) is 28.3 Å². The van der Waals surface area contributed by atoms with Crippen molar-refractivity contribution >= 4 is 5.69 Å². The third-order valence-corrected chi connectivity index (χ3v) is 7.20. The summed E-state index contributed by atoms with van der Waals surface area (Å²) >= 11 is 0. The Morgan fingerprint density at radius 2 is 1.85 bits per heavy atom. The minimum absolute atomic E-state index is 0.0437. The van der Waals surface area contributed by atoms with Crippen molar-refractivity contribution < 1.29 is 9.13 Å². The van der Waals surface area contributed by atoms with E-state index in [2.05, 4.69) is 38.9 Å². The Morgan fingerprint density at radius 1 is 1.00 bits per heavy atom. The molecule has 0 radical (unpaired) electrons. The molecule has 1 aliphatic heterocycles. The van der Waals surface area contributed by atoms with Crippen LogP contribution in [0.15, 0.2) is 104 Å². The molecule has 0 spiro atoms. The van der Waals surface area contributed by atoms with Crippen molar-refractivity contribution in [2.45, 2.75) is 25.1 Å². The quantitative estimate of drug-likeness (QED) is 0.246. The average molecular weight is 545 g/mol. The molecular weight excluding hydrogens is 515 g/mol. The van der Waals surface area contributed by atoms with E-state index in [1.165, 1.54) is 17.7 Å². The number of nitriles is 1. The van der Waals surface area contributed by atoms with Gasteiger partial charge in [-0.05, 0) is 60.0 Å². The number of aromatic nitrogens is 3. The summed E-state index contributed by atoms with van der Waals surface area (Å²) in [6.45, 7) is 1.85. The molecule has 2 aromatic heterocycles. The number of pyridine rings is 1. The maximum atomic E-state index is 13.6. The van der Waals surface area contributed by atoms with Crippen LogP contribution in [0, 0.1) is 17.1 Å². The molecule has 7 nitrogen and oxygen atoms in total. The fourth-order valence-corrected chi connectivity index (χ4v) is 5.08. The molecule has 0 aliphatic carbocycles. The monoisotopic (exact) mass is 544 g/mol. The molecule has 2 atom stereocenters. The van der Waals surface area contributed by atoms with Gasteiger partial charge in [0.1, 0.15) is 11.9 Å². The Bertz CT molecular complexity index is 1660. The molecule has 0 bridgehead atoms. The predicted molar refractivity (Wildman–Crippen MR) is 156 cm³/mol. The van der Waals surface area contributed by atoms with E-state index in [1.807, 2.05) is 60.8 Å². The van der Waals surface area contributed by atoms with Gasteiger partial charge in [0.2, 0.25) is 5.88 Å². The van der Waals surface area contributed by atoms with Crippen molar-refractivity contribution in [3.05, 3.63) is 132 Å². The van der Waals surface area contributed by atoms with Crippen molar-refractivity contribution in [3.63, 3.8) is 0 Å². The van der Waals surface area contributed by atoms with Crippen molar-refractivity contribution in [2.75, 3.05) is 18.4 Å². The normalized spacial score (nSPS) is 14.8. The SMILES string of the molecule is N#Cc1ccc(CCN[C@H](c2ccccc2)[C@@H]2CNc3cc(-c4cnn(Cc5cccc(F)c5)c4)cnc3O2)cc1. The summed E-state index contributed by atoms with van der Waals surface area (Å²) in [6, 6.07) is 28.7. The Kier molecular flexibility index (Phi) is 7.70. The molecular formula is C33H29FN6O. The van der Waals surface area contributed by atoms with Crippen LogP contribution in [-0.4, -0.2) is 34.0 Å². The first-order chi connectivity index (χ1) is 20.1. The number of anilines is 1. The molecule has 0 amide bonds. The van der Waals surface area contributed by atoms with E-state index < -0.39 is 0 Å². The van der Waals surface area contributed by atoms with E-state index >= 15 is 0 Å². The molecule has 0 saturated carbocycles. The van der Waals surface area contributed by atoms with Crippen LogP contribution >= 0.6 is 0 Å². The number of nitrogens with one attached hydrogen (secondary N) is 2. The number of hydrogen-bond acceptors (Lipinski definition) is 6. The van der Waals surface area contributed by atoms with Gasteiger partial charge >= 0.3 is 0 Å². The fourth-order valence-electron chi connectivity index (χ4n) is 5.08. The zero-order valence-electron chi connectivity index (χ0n) is 22.4. The largest absolute Gasteiger partial charge is 0.469 e. The van der Waals surface area contributed by atoms with Gasteiger partial charge in [0.05, 0.1) is 42.6 Å². The Morgan fingerprint density at radius 3 is 2.66 bits per heavy atom. The lowest BCUT2D eigenvalue weighted by Crippen LogP contribution is -2.43. The predicted octanol–water partition coefficient (Wildman–Crippen LogP) is 5.75. The third kappa shape index (κ3) is 6.26. The smallest absolute Gasteiger partial charge is 0.237 e. The highest BCUT2D eigenvalue weighted by Gasteiger charge is 2.29. The first-order valence-corrected chi connectivity index (χ1v) is 13.6. The second-order valence-electron chi connectivity index (χ2n) is 10.1. The zero-order chi connectivity index (χ0) is 28.0. The Hall–Kier alpha value is -5.00. The molecule has 204 valence electrons. The summed E-state index contributed by atoms with van der Waals surface area (Å²) in [7, 11) is 0. The topological polar surface area (TPSA) is 87.8 Å². The molecule has 3 heterocycles. The number of hydrogen-bond donors (Lipinski definition) is 2. The van der Waals surface area contributed by atoms with Gasteiger partial charge in [0.15, 0.2) is 0 Å². The van der Waals surface area contributed by atoms with Crippen molar-refractivity contribution in [1.29, 1.82) is 5.26 Å². The molecule has 41 heavy (non-hydrogen) atoms. The molecule has 6 rings (SSSR count). The van der Waals surface area contributed by atoms with E-state index in [1.54, 1.807) is 23.1 Å². The summed E-state index contributed by atoms with van der Waals surface area (Å²) in [4.78, 5) is 4.65. The highest BCUT2D eigenvalue weighted by atomic mass is 19.1. The summed E-state index contributed by atoms with van der Waals surface area (Å²) in [5.41, 5.74) is 6.51. The van der Waals surface area contributed by atoms with Crippen LogP contribution in [0.4, 0.5) is 10.1 Å². The number of fused-ring (bicyclic) bond motifs is 1. The standard InChI is InChI=1S/C33H29FN6O/c34-29-8-4-5-25(15-29)21-40-22-28(19-39-40)27-16-30-33(38-18-27)41-31(20-37-30)32(26-6-2-1-3-7-26)36-14-13-23-9-11-24(17-35)12-10-23/h1-12,15-16,18-19,22,31-32,36-37H,13-14,20-21H2/t31-,32+/m0/s1. The van der Waals surface area contributed by atoms with E-state index in [-0.39, 0.29) is 18.0 Å². The van der Waals surface area contributed by atoms with Crippen LogP contribution in [0.25, 0.3) is 11.1 Å². The second kappa shape index (κ2) is 12.0. The molecule has 1 aliphatic rings. The lowest BCUT2D eigenvalue weighted by atomic mass is 9.99. The number of benzene rings is 3. The molecule has 8 heteroatoms. The van der Waals surface area contributed by atoms with E-state index in [4.69, 9.17) is 10.00 Å². The number of ether oxygens (including phenoxy) is 1. The summed E-state index contributed by atoms with van der Waals surface area (Å²) in [5, 5.41) is 20.7. The molecule has 3 aromatic carbocycles. The van der Waals surface area contributed by atoms with Crippen molar-refractivity contribution in [1.82, 2.24) is 20.1 Å². The number of halogens is 1. The maximum Gasteiger partial charge on any atom is 0.237 e. The van der Waals surface area contributed by atoms with Crippen LogP contribution in [0.5, 0.6) is 5.88 Å². The van der Waals surface area contributed by atoms with Crippen LogP contribution in [-0.2, 0) is 13.0 Å². The average Bonchev–Trinajstić information content (AvgIpc) is 3.48. The van der Waals surface area contributed by atoms with Crippen LogP contribution in [0.2, 0.25) is 0 Å². The van der Waals surface area contributed by atoms with Gasteiger partial charge in [-0.3, -0.25) is 4.68 Å². The number of rotatable bonds is 9. The highest BCUT2D eigenvalue weighted by Crippen LogP contribution is 2.34. The molecule has 0 fully saturated rings. The van der Waals surface area contributed by atoms with Crippen LogP contribution in [0.3, 0.4) is 0 Å². The van der Waals surface area contributed by atoms with E-state index in [0.29, 0.717) is 24.5 Å². The summed E-state index contributed by atoms with van der Waals surface area (Å²) in [5.74, 6) is 0.307. The summed E-state index contributed by atoms with van der Waals surface area (Å²) in [6.07, 6.45) is 6.18. The first-order valence-electron chi connectivity index (χ1n) is 13.6. The third-order valence-electron chi connectivity index (χ3n) is 7.20. The first kappa shape index (κ1) is 26.2. The fraction of sp³-hybridized carbons (Fsp3) is 0.182. The van der Waals surface area contributed by atoms with Crippen LogP contribution < -0.4 is 15.4 Å². The van der Waals surface area contributed by atoms with Crippen molar-refractivity contribution in [2.24, 2.45) is 0 Å². The van der Waals surface area contributed by atoms with Crippen molar-refractivity contribution in [3.8, 4) is 23.1 Å². The van der Waals surface area contributed by atoms with Gasteiger partial charge in [-0.15, -0.1) is 0 Å². The van der Waals surface area contributed by atoms with E-state index in [9.17, 15) is 4.39 Å². The lowest BCUT2D eigenvalue weighted by Gasteiger charge is -2.33. The van der Waals surface area contributed by atoms with Gasteiger partial charge < -0.3 is 15.4 Å². The minimum atomic E-state index is -0.255. The zero-order valence-corrected chi connectivity index (χ0v) is 22.4. The summed E-state index contributed by atoms with van der Waals surface area (Å²) < 4.78 is 21.8. The number of nitrogens with zero attached hydrogens (tertiary/aromatic N) is 4. The Labute approximate surface area is 238 Å². The Balaban J connectivity index is 1.14. The molecule has 2 N–H and O–H groups in total. The minimum Gasteiger partial charge on any atom is -0.469 e. The molecule has 0 unspecified atom stereocenters. The lowest BCUT2D eigenvalue weighted by molar-refractivity contribution is 0.150. The molecule has 5 aromatic rings. The highest BCUT2D eigenvalue weighted by molar-refractivity contribution is 5.69.